The Morgan fingerprint density at radius 2 is 1.61 bits per heavy atom. The lowest BCUT2D eigenvalue weighted by Gasteiger charge is -2.14. The van der Waals surface area contributed by atoms with Gasteiger partial charge in [-0.2, -0.15) is 0 Å². The van der Waals surface area contributed by atoms with Crippen molar-refractivity contribution in [2.75, 3.05) is 17.7 Å². The number of ether oxygens (including phenoxy) is 1. The number of carbonyl (C=O) groups excluding carboxylic acids is 3. The number of hydrogen-bond acceptors (Lipinski definition) is 7. The smallest absolute Gasteiger partial charge is 0.272 e. The first-order valence-electron chi connectivity index (χ1n) is 13.2. The van der Waals surface area contributed by atoms with E-state index in [0.717, 1.165) is 0 Å². The number of benzene rings is 4. The Morgan fingerprint density at radius 3 is 2.27 bits per heavy atom. The summed E-state index contributed by atoms with van der Waals surface area (Å²) in [6, 6.07) is 25.8. The molecule has 0 saturated heterocycles. The maximum atomic E-state index is 13.4. The summed E-state index contributed by atoms with van der Waals surface area (Å²) in [5, 5.41) is 19.1. The van der Waals surface area contributed by atoms with Gasteiger partial charge in [-0.25, -0.2) is 0 Å². The predicted octanol–water partition coefficient (Wildman–Crippen LogP) is 6.79. The fourth-order valence-corrected chi connectivity index (χ4v) is 5.08. The van der Waals surface area contributed by atoms with Crippen LogP contribution in [0.3, 0.4) is 0 Å². The minimum absolute atomic E-state index is 0.0725. The van der Waals surface area contributed by atoms with Crippen LogP contribution in [0.2, 0.25) is 5.02 Å². The van der Waals surface area contributed by atoms with E-state index >= 15 is 0 Å². The first kappa shape index (κ1) is 31.8. The van der Waals surface area contributed by atoms with Gasteiger partial charge in [-0.05, 0) is 79.2 Å². The van der Waals surface area contributed by atoms with Crippen molar-refractivity contribution in [2.24, 2.45) is 0 Å². The zero-order chi connectivity index (χ0) is 31.6. The fourth-order valence-electron chi connectivity index (χ4n) is 3.89. The number of nitrogens with zero attached hydrogens (tertiary/aromatic N) is 1. The first-order valence-corrected chi connectivity index (χ1v) is 14.4. The number of nitro groups is 1. The van der Waals surface area contributed by atoms with Crippen LogP contribution in [-0.4, -0.2) is 35.0 Å². The van der Waals surface area contributed by atoms with E-state index in [9.17, 15) is 24.5 Å². The van der Waals surface area contributed by atoms with Crippen molar-refractivity contribution in [3.63, 3.8) is 0 Å². The minimum Gasteiger partial charge on any atom is -0.495 e. The summed E-state index contributed by atoms with van der Waals surface area (Å²) in [5.74, 6) is -0.868. The Labute approximate surface area is 262 Å². The summed E-state index contributed by atoms with van der Waals surface area (Å²) in [7, 11) is 1.51. The van der Waals surface area contributed by atoms with E-state index in [1.54, 1.807) is 79.7 Å². The minimum atomic E-state index is -0.614. The lowest BCUT2D eigenvalue weighted by Crippen LogP contribution is -2.30. The van der Waals surface area contributed by atoms with Crippen molar-refractivity contribution in [1.82, 2.24) is 5.32 Å². The molecule has 0 heterocycles. The Kier molecular flexibility index (Phi) is 10.7. The molecule has 10 nitrogen and oxygen atoms in total. The van der Waals surface area contributed by atoms with E-state index in [4.69, 9.17) is 16.3 Å². The van der Waals surface area contributed by atoms with Crippen LogP contribution in [0, 0.1) is 10.1 Å². The number of halogens is 1. The topological polar surface area (TPSA) is 140 Å². The van der Waals surface area contributed by atoms with Crippen LogP contribution >= 0.6 is 23.4 Å². The molecule has 3 N–H and O–H groups in total. The molecule has 0 bridgehead atoms. The van der Waals surface area contributed by atoms with E-state index < -0.39 is 22.0 Å². The predicted molar refractivity (Wildman–Crippen MR) is 172 cm³/mol. The molecule has 4 aromatic rings. The zero-order valence-corrected chi connectivity index (χ0v) is 25.1. The van der Waals surface area contributed by atoms with Crippen molar-refractivity contribution in [2.45, 2.75) is 17.1 Å². The molecule has 1 atom stereocenters. The Hall–Kier alpha value is -5.13. The second-order valence-corrected chi connectivity index (χ2v) is 11.1. The van der Waals surface area contributed by atoms with E-state index in [-0.39, 0.29) is 17.3 Å². The maximum Gasteiger partial charge on any atom is 0.272 e. The summed E-state index contributed by atoms with van der Waals surface area (Å²) >= 11 is 7.44. The molecule has 0 fully saturated rings. The highest BCUT2D eigenvalue weighted by atomic mass is 35.5. The van der Waals surface area contributed by atoms with Gasteiger partial charge in [-0.1, -0.05) is 35.9 Å². The average molecular weight is 631 g/mol. The maximum absolute atomic E-state index is 13.4. The molecule has 0 radical (unpaired) electrons. The summed E-state index contributed by atoms with van der Waals surface area (Å²) in [4.78, 5) is 50.3. The van der Waals surface area contributed by atoms with Crippen LogP contribution in [0.25, 0.3) is 6.08 Å². The Balaban J connectivity index is 1.48. The zero-order valence-electron chi connectivity index (χ0n) is 23.6. The number of methoxy groups -OCH3 is 1. The van der Waals surface area contributed by atoms with Gasteiger partial charge in [0, 0.05) is 34.0 Å². The summed E-state index contributed by atoms with van der Waals surface area (Å²) in [6.45, 7) is 1.75. The molecule has 0 aliphatic rings. The van der Waals surface area contributed by atoms with E-state index in [1.807, 2.05) is 0 Å². The summed E-state index contributed by atoms with van der Waals surface area (Å²) in [6.07, 6.45) is 1.43. The molecular weight excluding hydrogens is 604 g/mol. The Bertz CT molecular complexity index is 1710. The third kappa shape index (κ3) is 8.69. The van der Waals surface area contributed by atoms with Gasteiger partial charge in [0.15, 0.2) is 0 Å². The molecule has 224 valence electrons. The quantitative estimate of drug-likeness (QED) is 0.0718. The molecule has 44 heavy (non-hydrogen) atoms. The molecule has 3 amide bonds. The molecule has 12 heteroatoms. The number of non-ortho nitro benzene ring substituents is 1. The van der Waals surface area contributed by atoms with Gasteiger partial charge in [0.25, 0.3) is 17.5 Å². The van der Waals surface area contributed by atoms with Gasteiger partial charge < -0.3 is 20.7 Å². The van der Waals surface area contributed by atoms with Crippen molar-refractivity contribution >= 4 is 64.2 Å². The van der Waals surface area contributed by atoms with Crippen molar-refractivity contribution in [3.05, 3.63) is 129 Å². The van der Waals surface area contributed by atoms with Crippen LogP contribution in [-0.2, 0) is 9.59 Å². The second kappa shape index (κ2) is 14.9. The largest absolute Gasteiger partial charge is 0.495 e. The van der Waals surface area contributed by atoms with E-state index in [2.05, 4.69) is 16.0 Å². The lowest BCUT2D eigenvalue weighted by atomic mass is 10.1. The van der Waals surface area contributed by atoms with Gasteiger partial charge in [0.1, 0.15) is 11.4 Å². The third-order valence-electron chi connectivity index (χ3n) is 6.14. The molecule has 4 rings (SSSR count). The van der Waals surface area contributed by atoms with Gasteiger partial charge in [-0.3, -0.25) is 24.5 Å². The molecule has 1 unspecified atom stereocenters. The number of amides is 3. The van der Waals surface area contributed by atoms with Crippen LogP contribution in [0.5, 0.6) is 5.75 Å². The van der Waals surface area contributed by atoms with Crippen molar-refractivity contribution in [3.8, 4) is 5.75 Å². The van der Waals surface area contributed by atoms with Gasteiger partial charge in [0.2, 0.25) is 5.91 Å². The number of hydrogen-bond donors (Lipinski definition) is 3. The van der Waals surface area contributed by atoms with Crippen LogP contribution in [0.15, 0.2) is 108 Å². The average Bonchev–Trinajstić information content (AvgIpc) is 3.01. The second-order valence-electron chi connectivity index (χ2n) is 9.31. The summed E-state index contributed by atoms with van der Waals surface area (Å²) < 4.78 is 5.14. The molecule has 0 spiro atoms. The van der Waals surface area contributed by atoms with Crippen molar-refractivity contribution in [1.29, 1.82) is 0 Å². The fraction of sp³-hybridized carbons (Fsp3) is 0.0938. The van der Waals surface area contributed by atoms with Crippen LogP contribution in [0.4, 0.5) is 17.1 Å². The summed E-state index contributed by atoms with van der Waals surface area (Å²) in [5.41, 5.74) is 1.59. The molecule has 0 aliphatic heterocycles. The molecule has 0 aliphatic carbocycles. The van der Waals surface area contributed by atoms with E-state index in [1.165, 1.54) is 49.2 Å². The van der Waals surface area contributed by atoms with Gasteiger partial charge >= 0.3 is 0 Å². The van der Waals surface area contributed by atoms with Gasteiger partial charge in [-0.15, -0.1) is 11.8 Å². The highest BCUT2D eigenvalue weighted by molar-refractivity contribution is 8.00. The van der Waals surface area contributed by atoms with Gasteiger partial charge in [0.05, 0.1) is 22.3 Å². The standard InChI is InChI=1S/C32H27ClN4O6S/c1-20(30(38)34-24-13-16-29(43-2)27(33)19-24)44-26-10-6-9-23(18-26)35-32(40)28(36-31(39)22-7-4-3-5-8-22)17-21-11-14-25(15-12-21)37(41)42/h3-20H,1-2H3,(H,34,38)(H,35,40)(H,36,39)/b28-17+. The SMILES string of the molecule is COc1ccc(NC(=O)C(C)Sc2cccc(NC(=O)/C(=C\c3ccc([N+](=O)[O-])cc3)NC(=O)c3ccccc3)c2)cc1Cl. The monoisotopic (exact) mass is 630 g/mol. The van der Waals surface area contributed by atoms with Crippen LogP contribution < -0.4 is 20.7 Å². The number of rotatable bonds is 11. The Morgan fingerprint density at radius 1 is 0.909 bits per heavy atom. The molecule has 0 saturated carbocycles. The number of nitrogens with one attached hydrogen (secondary N) is 3. The van der Waals surface area contributed by atoms with E-state index in [0.29, 0.717) is 38.2 Å². The number of nitro benzene ring substituents is 1. The molecule has 4 aromatic carbocycles. The molecule has 0 aromatic heterocycles. The first-order chi connectivity index (χ1) is 21.1. The van der Waals surface area contributed by atoms with Crippen LogP contribution in [0.1, 0.15) is 22.8 Å². The number of carbonyl (C=O) groups is 3. The normalized spacial score (nSPS) is 11.7. The van der Waals surface area contributed by atoms with Crippen molar-refractivity contribution < 1.29 is 24.0 Å². The third-order valence-corrected chi connectivity index (χ3v) is 7.53. The lowest BCUT2D eigenvalue weighted by molar-refractivity contribution is -0.384. The highest BCUT2D eigenvalue weighted by Crippen LogP contribution is 2.29. The highest BCUT2D eigenvalue weighted by Gasteiger charge is 2.18. The molecular formula is C32H27ClN4O6S. The number of anilines is 2. The number of thioether (sulfide) groups is 1.